The average molecular weight is 162 g/mol. The smallest absolute Gasteiger partial charge is 0.365 e. The third-order valence-electron chi connectivity index (χ3n) is 1.39. The van der Waals surface area contributed by atoms with Gasteiger partial charge >= 0.3 is 5.30 Å². The van der Waals surface area contributed by atoms with E-state index in [-0.39, 0.29) is 5.25 Å². The second-order valence-electron chi connectivity index (χ2n) is 2.22. The number of carboxylic acid groups (broad SMARTS) is 1. The number of thioether (sulfide) groups is 1. The summed E-state index contributed by atoms with van der Waals surface area (Å²) in [7, 11) is 0. The van der Waals surface area contributed by atoms with Gasteiger partial charge in [0.15, 0.2) is 0 Å². The summed E-state index contributed by atoms with van der Waals surface area (Å²) in [6, 6.07) is 0. The van der Waals surface area contributed by atoms with Crippen molar-refractivity contribution in [3.63, 3.8) is 0 Å². The first-order valence-corrected chi connectivity index (χ1v) is 4.14. The molecule has 0 radical (unpaired) electrons. The van der Waals surface area contributed by atoms with Gasteiger partial charge in [0.1, 0.15) is 0 Å². The van der Waals surface area contributed by atoms with Gasteiger partial charge in [-0.2, -0.15) is 0 Å². The molecule has 0 aromatic carbocycles. The topological polar surface area (TPSA) is 46.5 Å². The molecule has 0 saturated carbocycles. The maximum absolute atomic E-state index is 10.2. The van der Waals surface area contributed by atoms with Crippen LogP contribution in [-0.2, 0) is 4.74 Å². The molecule has 0 amide bonds. The summed E-state index contributed by atoms with van der Waals surface area (Å²) in [5, 5.41) is 7.75. The van der Waals surface area contributed by atoms with Crippen molar-refractivity contribution in [1.82, 2.24) is 0 Å². The summed E-state index contributed by atoms with van der Waals surface area (Å²) in [6.07, 6.45) is 1.96. The number of hydrogen-bond acceptors (Lipinski definition) is 3. The van der Waals surface area contributed by atoms with E-state index in [4.69, 9.17) is 9.84 Å². The predicted octanol–water partition coefficient (Wildman–Crippen LogP) is 1.58. The van der Waals surface area contributed by atoms with Crippen molar-refractivity contribution in [2.45, 2.75) is 18.1 Å². The summed E-state index contributed by atoms with van der Waals surface area (Å²) < 4.78 is 5.10. The van der Waals surface area contributed by atoms with Crippen molar-refractivity contribution in [1.29, 1.82) is 0 Å². The Morgan fingerprint density at radius 1 is 1.70 bits per heavy atom. The number of rotatable bonds is 1. The van der Waals surface area contributed by atoms with Crippen LogP contribution in [0.5, 0.6) is 0 Å². The number of ether oxygens (including phenoxy) is 1. The van der Waals surface area contributed by atoms with E-state index in [0.29, 0.717) is 6.61 Å². The molecule has 4 heteroatoms. The lowest BCUT2D eigenvalue weighted by Crippen LogP contribution is -2.20. The van der Waals surface area contributed by atoms with Crippen molar-refractivity contribution in [3.05, 3.63) is 0 Å². The van der Waals surface area contributed by atoms with Crippen LogP contribution in [0.4, 0.5) is 4.79 Å². The van der Waals surface area contributed by atoms with Gasteiger partial charge in [-0.25, -0.2) is 4.79 Å². The van der Waals surface area contributed by atoms with E-state index in [9.17, 15) is 4.79 Å². The highest BCUT2D eigenvalue weighted by atomic mass is 32.2. The third kappa shape index (κ3) is 2.58. The largest absolute Gasteiger partial charge is 0.473 e. The minimum Gasteiger partial charge on any atom is -0.473 e. The molecule has 1 atom stereocenters. The zero-order chi connectivity index (χ0) is 7.40. The van der Waals surface area contributed by atoms with Crippen molar-refractivity contribution in [3.8, 4) is 0 Å². The second-order valence-corrected chi connectivity index (χ2v) is 3.47. The van der Waals surface area contributed by atoms with Crippen LogP contribution in [0, 0.1) is 0 Å². The summed E-state index contributed by atoms with van der Waals surface area (Å²) >= 11 is 0.967. The molecule has 1 heterocycles. The zero-order valence-corrected chi connectivity index (χ0v) is 6.39. The van der Waals surface area contributed by atoms with Gasteiger partial charge in [-0.05, 0) is 24.6 Å². The van der Waals surface area contributed by atoms with Crippen LogP contribution in [-0.4, -0.2) is 28.9 Å². The van der Waals surface area contributed by atoms with Gasteiger partial charge in [0.2, 0.25) is 0 Å². The maximum atomic E-state index is 10.2. The Hall–Kier alpha value is -0.220. The highest BCUT2D eigenvalue weighted by Gasteiger charge is 2.17. The standard InChI is InChI=1S/C6H10O3S/c7-6(8)10-5-2-1-3-9-4-5/h5H,1-4H2,(H,7,8). The first kappa shape index (κ1) is 7.88. The Labute approximate surface area is 63.8 Å². The Balaban J connectivity index is 2.19. The molecule has 0 bridgehead atoms. The maximum Gasteiger partial charge on any atom is 0.365 e. The Morgan fingerprint density at radius 3 is 3.00 bits per heavy atom. The van der Waals surface area contributed by atoms with E-state index in [0.717, 1.165) is 31.2 Å². The van der Waals surface area contributed by atoms with Crippen LogP contribution in [0.2, 0.25) is 0 Å². The first-order valence-electron chi connectivity index (χ1n) is 3.26. The van der Waals surface area contributed by atoms with E-state index in [1.165, 1.54) is 0 Å². The van der Waals surface area contributed by atoms with Crippen LogP contribution in [0.15, 0.2) is 0 Å². The fourth-order valence-electron chi connectivity index (χ4n) is 0.947. The van der Waals surface area contributed by atoms with Crippen LogP contribution in [0.1, 0.15) is 12.8 Å². The van der Waals surface area contributed by atoms with Gasteiger partial charge in [-0.1, -0.05) is 0 Å². The van der Waals surface area contributed by atoms with Gasteiger partial charge in [-0.3, -0.25) is 0 Å². The normalized spacial score (nSPS) is 26.2. The molecular weight excluding hydrogens is 152 g/mol. The molecule has 0 aliphatic carbocycles. The third-order valence-corrected chi connectivity index (χ3v) is 2.29. The number of carbonyl (C=O) groups is 1. The van der Waals surface area contributed by atoms with Gasteiger partial charge in [0.05, 0.1) is 6.61 Å². The second kappa shape index (κ2) is 3.83. The first-order chi connectivity index (χ1) is 4.79. The van der Waals surface area contributed by atoms with Gasteiger partial charge < -0.3 is 9.84 Å². The molecule has 3 nitrogen and oxygen atoms in total. The molecule has 1 saturated heterocycles. The molecule has 0 spiro atoms. The summed E-state index contributed by atoms with van der Waals surface area (Å²) in [4.78, 5) is 10.2. The fraction of sp³-hybridized carbons (Fsp3) is 0.833. The molecule has 10 heavy (non-hydrogen) atoms. The van der Waals surface area contributed by atoms with E-state index in [2.05, 4.69) is 0 Å². The van der Waals surface area contributed by atoms with Gasteiger partial charge in [-0.15, -0.1) is 0 Å². The van der Waals surface area contributed by atoms with Crippen molar-refractivity contribution < 1.29 is 14.6 Å². The van der Waals surface area contributed by atoms with E-state index in [1.54, 1.807) is 0 Å². The molecular formula is C6H10O3S. The molecule has 58 valence electrons. The Morgan fingerprint density at radius 2 is 2.50 bits per heavy atom. The fourth-order valence-corrected chi connectivity index (χ4v) is 1.68. The van der Waals surface area contributed by atoms with Gasteiger partial charge in [0.25, 0.3) is 0 Å². The molecule has 1 aliphatic rings. The van der Waals surface area contributed by atoms with E-state index in [1.807, 2.05) is 0 Å². The van der Waals surface area contributed by atoms with Crippen LogP contribution in [0.25, 0.3) is 0 Å². The lowest BCUT2D eigenvalue weighted by atomic mass is 10.2. The summed E-state index contributed by atoms with van der Waals surface area (Å²) in [5.41, 5.74) is 0. The highest BCUT2D eigenvalue weighted by Crippen LogP contribution is 2.20. The molecule has 0 aromatic rings. The predicted molar refractivity (Wildman–Crippen MR) is 39.5 cm³/mol. The van der Waals surface area contributed by atoms with Crippen molar-refractivity contribution in [2.75, 3.05) is 13.2 Å². The molecule has 1 unspecified atom stereocenters. The highest BCUT2D eigenvalue weighted by molar-refractivity contribution is 8.13. The van der Waals surface area contributed by atoms with Crippen LogP contribution < -0.4 is 0 Å². The Bertz CT molecular complexity index is 120. The minimum atomic E-state index is -0.796. The molecule has 1 aliphatic heterocycles. The SMILES string of the molecule is O=C(O)SC1CCCOC1. The van der Waals surface area contributed by atoms with Crippen molar-refractivity contribution >= 4 is 17.1 Å². The quantitative estimate of drug-likeness (QED) is 0.635. The van der Waals surface area contributed by atoms with E-state index >= 15 is 0 Å². The van der Waals surface area contributed by atoms with E-state index < -0.39 is 5.30 Å². The lowest BCUT2D eigenvalue weighted by Gasteiger charge is -2.18. The summed E-state index contributed by atoms with van der Waals surface area (Å²) in [6.45, 7) is 1.38. The van der Waals surface area contributed by atoms with Gasteiger partial charge in [0, 0.05) is 11.9 Å². The number of hydrogen-bond donors (Lipinski definition) is 1. The molecule has 1 N–H and O–H groups in total. The Kier molecular flexibility index (Phi) is 3.02. The molecule has 0 aromatic heterocycles. The monoisotopic (exact) mass is 162 g/mol. The minimum absolute atomic E-state index is 0.172. The van der Waals surface area contributed by atoms with Crippen LogP contribution >= 0.6 is 11.8 Å². The van der Waals surface area contributed by atoms with Crippen molar-refractivity contribution in [2.24, 2.45) is 0 Å². The zero-order valence-electron chi connectivity index (χ0n) is 5.58. The summed E-state index contributed by atoms with van der Waals surface area (Å²) in [5.74, 6) is 0. The van der Waals surface area contributed by atoms with Crippen LogP contribution in [0.3, 0.4) is 0 Å². The lowest BCUT2D eigenvalue weighted by molar-refractivity contribution is 0.101. The average Bonchev–Trinajstić information content (AvgIpc) is 1.88. The molecule has 1 fully saturated rings. The molecule has 1 rings (SSSR count).